The molecule has 1 aliphatic heterocycles. The van der Waals surface area contributed by atoms with E-state index in [0.29, 0.717) is 17.6 Å². The van der Waals surface area contributed by atoms with Crippen LogP contribution in [-0.2, 0) is 31.0 Å². The summed E-state index contributed by atoms with van der Waals surface area (Å²) in [5.74, 6) is 0.0436. The highest BCUT2D eigenvalue weighted by Crippen LogP contribution is 2.36. The first-order valence-electron chi connectivity index (χ1n) is 10.7. The Morgan fingerprint density at radius 3 is 2.26 bits per heavy atom. The maximum absolute atomic E-state index is 12.9. The summed E-state index contributed by atoms with van der Waals surface area (Å²) < 4.78 is 102. The molecule has 202 valence electrons. The van der Waals surface area contributed by atoms with Crippen molar-refractivity contribution in [3.05, 3.63) is 72.3 Å². The van der Waals surface area contributed by atoms with Gasteiger partial charge in [-0.25, -0.2) is 16.8 Å². The lowest BCUT2D eigenvalue weighted by atomic mass is 10.2. The lowest BCUT2D eigenvalue weighted by molar-refractivity contribution is -0.137. The molecule has 0 spiro atoms. The van der Waals surface area contributed by atoms with Crippen molar-refractivity contribution in [3.8, 4) is 11.5 Å². The van der Waals surface area contributed by atoms with Crippen molar-refractivity contribution < 1.29 is 44.3 Å². The van der Waals surface area contributed by atoms with Crippen molar-refractivity contribution in [2.24, 2.45) is 0 Å². The number of nitrogens with one attached hydrogen (secondary N) is 2. The normalized spacial score (nSPS) is 13.2. The number of amides is 1. The van der Waals surface area contributed by atoms with E-state index in [1.807, 2.05) is 0 Å². The average Bonchev–Trinajstić information content (AvgIpc) is 3.29. The molecule has 0 unspecified atom stereocenters. The molecule has 1 amide bonds. The number of hydrogen-bond donors (Lipinski definition) is 2. The van der Waals surface area contributed by atoms with Gasteiger partial charge in [0, 0.05) is 17.4 Å². The highest BCUT2D eigenvalue weighted by molar-refractivity contribution is 7.92. The molecule has 1 heterocycles. The molecule has 0 saturated carbocycles. The standard InChI is InChI=1S/C23H20F3N3O7S2/c1-37(31,32)29(18-7-10-20-21(12-18)36-14-35-20)13-22(30)27-16-5-8-19(9-6-16)38(33,34)28-17-4-2-3-15(11-17)23(24,25)26/h2-12,28H,13-14H2,1H3,(H,27,30). The average molecular weight is 572 g/mol. The number of carbonyl (C=O) groups is 1. The van der Waals surface area contributed by atoms with Crippen molar-refractivity contribution in [2.75, 3.05) is 33.9 Å². The Hall–Kier alpha value is -3.98. The van der Waals surface area contributed by atoms with Gasteiger partial charge in [0.05, 0.1) is 22.4 Å². The molecule has 0 fully saturated rings. The SMILES string of the molecule is CS(=O)(=O)N(CC(=O)Nc1ccc(S(=O)(=O)Nc2cccc(C(F)(F)F)c2)cc1)c1ccc2c(c1)OCO2. The largest absolute Gasteiger partial charge is 0.454 e. The topological polar surface area (TPSA) is 131 Å². The molecule has 0 saturated heterocycles. The maximum Gasteiger partial charge on any atom is 0.416 e. The number of sulfonamides is 2. The van der Waals surface area contributed by atoms with Gasteiger partial charge < -0.3 is 14.8 Å². The van der Waals surface area contributed by atoms with Crippen LogP contribution in [-0.4, -0.2) is 42.3 Å². The Morgan fingerprint density at radius 1 is 0.921 bits per heavy atom. The number of benzene rings is 3. The molecule has 0 atom stereocenters. The number of hydrogen-bond acceptors (Lipinski definition) is 7. The molecule has 3 aromatic rings. The highest BCUT2D eigenvalue weighted by atomic mass is 32.2. The van der Waals surface area contributed by atoms with Gasteiger partial charge in [-0.3, -0.25) is 13.8 Å². The molecule has 0 aromatic heterocycles. The summed E-state index contributed by atoms with van der Waals surface area (Å²) in [5.41, 5.74) is -0.956. The molecule has 38 heavy (non-hydrogen) atoms. The van der Waals surface area contributed by atoms with E-state index in [0.717, 1.165) is 34.8 Å². The summed E-state index contributed by atoms with van der Waals surface area (Å²) in [5, 5.41) is 2.48. The zero-order valence-corrected chi connectivity index (χ0v) is 21.2. The predicted molar refractivity (Wildman–Crippen MR) is 132 cm³/mol. The van der Waals surface area contributed by atoms with Crippen LogP contribution in [0, 0.1) is 0 Å². The van der Waals surface area contributed by atoms with Crippen LogP contribution in [0.1, 0.15) is 5.56 Å². The minimum Gasteiger partial charge on any atom is -0.454 e. The number of nitrogens with zero attached hydrogens (tertiary/aromatic N) is 1. The van der Waals surface area contributed by atoms with E-state index in [1.165, 1.54) is 36.4 Å². The molecule has 0 radical (unpaired) electrons. The van der Waals surface area contributed by atoms with Gasteiger partial charge in [0.2, 0.25) is 22.7 Å². The molecule has 2 N–H and O–H groups in total. The minimum absolute atomic E-state index is 0.0146. The fourth-order valence-electron chi connectivity index (χ4n) is 3.46. The zero-order valence-electron chi connectivity index (χ0n) is 19.5. The van der Waals surface area contributed by atoms with Crippen LogP contribution in [0.5, 0.6) is 11.5 Å². The van der Waals surface area contributed by atoms with Gasteiger partial charge in [-0.15, -0.1) is 0 Å². The van der Waals surface area contributed by atoms with Crippen LogP contribution in [0.3, 0.4) is 0 Å². The molecule has 4 rings (SSSR count). The second-order valence-corrected chi connectivity index (χ2v) is 11.7. The molecular formula is C23H20F3N3O7S2. The van der Waals surface area contributed by atoms with Gasteiger partial charge in [0.1, 0.15) is 6.54 Å². The summed E-state index contributed by atoms with van der Waals surface area (Å²) in [6.07, 6.45) is -3.71. The third kappa shape index (κ3) is 6.28. The summed E-state index contributed by atoms with van der Waals surface area (Å²) in [4.78, 5) is 12.3. The van der Waals surface area contributed by atoms with Crippen LogP contribution in [0.4, 0.5) is 30.2 Å². The summed E-state index contributed by atoms with van der Waals surface area (Å²) in [7, 11) is -8.11. The van der Waals surface area contributed by atoms with E-state index in [4.69, 9.17) is 9.47 Å². The lowest BCUT2D eigenvalue weighted by Crippen LogP contribution is -2.37. The Balaban J connectivity index is 1.45. The van der Waals surface area contributed by atoms with Crippen LogP contribution >= 0.6 is 0 Å². The van der Waals surface area contributed by atoms with E-state index in [-0.39, 0.29) is 28.8 Å². The molecule has 15 heteroatoms. The monoisotopic (exact) mass is 571 g/mol. The fourth-order valence-corrected chi connectivity index (χ4v) is 5.36. The molecule has 0 bridgehead atoms. The van der Waals surface area contributed by atoms with Gasteiger partial charge in [0.25, 0.3) is 10.0 Å². The number of anilines is 3. The molecular weight excluding hydrogens is 551 g/mol. The lowest BCUT2D eigenvalue weighted by Gasteiger charge is -2.22. The molecule has 0 aliphatic carbocycles. The first-order valence-corrected chi connectivity index (χ1v) is 14.0. The number of carbonyl (C=O) groups excluding carboxylic acids is 1. The van der Waals surface area contributed by atoms with Crippen molar-refractivity contribution in [2.45, 2.75) is 11.1 Å². The molecule has 3 aromatic carbocycles. The second kappa shape index (κ2) is 10.1. The Labute approximate surface area is 216 Å². The first kappa shape index (κ1) is 27.1. The van der Waals surface area contributed by atoms with E-state index >= 15 is 0 Å². The van der Waals surface area contributed by atoms with Crippen molar-refractivity contribution >= 4 is 43.0 Å². The number of rotatable bonds is 8. The summed E-state index contributed by atoms with van der Waals surface area (Å²) >= 11 is 0. The second-order valence-electron chi connectivity index (χ2n) is 8.06. The Morgan fingerprint density at radius 2 is 1.61 bits per heavy atom. The number of fused-ring (bicyclic) bond motifs is 1. The smallest absolute Gasteiger partial charge is 0.416 e. The first-order chi connectivity index (χ1) is 17.7. The van der Waals surface area contributed by atoms with Gasteiger partial charge in [0.15, 0.2) is 11.5 Å². The van der Waals surface area contributed by atoms with Crippen LogP contribution in [0.2, 0.25) is 0 Å². The third-order valence-electron chi connectivity index (χ3n) is 5.22. The van der Waals surface area contributed by atoms with Crippen LogP contribution in [0.15, 0.2) is 71.6 Å². The van der Waals surface area contributed by atoms with E-state index < -0.39 is 44.2 Å². The van der Waals surface area contributed by atoms with Gasteiger partial charge in [-0.2, -0.15) is 13.2 Å². The van der Waals surface area contributed by atoms with Crippen molar-refractivity contribution in [1.82, 2.24) is 0 Å². The predicted octanol–water partition coefficient (Wildman–Crippen LogP) is 3.64. The van der Waals surface area contributed by atoms with Crippen LogP contribution < -0.4 is 23.8 Å². The van der Waals surface area contributed by atoms with E-state index in [2.05, 4.69) is 10.0 Å². The van der Waals surface area contributed by atoms with Crippen LogP contribution in [0.25, 0.3) is 0 Å². The Bertz CT molecular complexity index is 1580. The summed E-state index contributed by atoms with van der Waals surface area (Å²) in [6.45, 7) is -0.602. The van der Waals surface area contributed by atoms with Gasteiger partial charge in [-0.05, 0) is 54.6 Å². The van der Waals surface area contributed by atoms with E-state index in [1.54, 1.807) is 0 Å². The van der Waals surface area contributed by atoms with E-state index in [9.17, 15) is 34.8 Å². The van der Waals surface area contributed by atoms with Crippen molar-refractivity contribution in [1.29, 1.82) is 0 Å². The zero-order chi connectivity index (χ0) is 27.7. The van der Waals surface area contributed by atoms with Gasteiger partial charge >= 0.3 is 6.18 Å². The molecule has 1 aliphatic rings. The number of ether oxygens (including phenoxy) is 2. The number of alkyl halides is 3. The quantitative estimate of drug-likeness (QED) is 0.422. The number of halogens is 3. The minimum atomic E-state index is -4.64. The highest BCUT2D eigenvalue weighted by Gasteiger charge is 2.31. The fraction of sp³-hybridized carbons (Fsp3) is 0.174. The van der Waals surface area contributed by atoms with Crippen molar-refractivity contribution in [3.63, 3.8) is 0 Å². The summed E-state index contributed by atoms with van der Waals surface area (Å²) in [6, 6.07) is 12.9. The van der Waals surface area contributed by atoms with Gasteiger partial charge in [-0.1, -0.05) is 6.07 Å². The maximum atomic E-state index is 12.9. The Kier molecular flexibility index (Phi) is 7.16. The third-order valence-corrected chi connectivity index (χ3v) is 7.76. The molecule has 10 nitrogen and oxygen atoms in total.